The Morgan fingerprint density at radius 2 is 1.76 bits per heavy atom. The molecule has 0 radical (unpaired) electrons. The van der Waals surface area contributed by atoms with Crippen molar-refractivity contribution in [3.63, 3.8) is 0 Å². The molecule has 178 valence electrons. The molecular formula is C20H13Cl3F6N2O2. The van der Waals surface area contributed by atoms with E-state index in [9.17, 15) is 35.9 Å². The van der Waals surface area contributed by atoms with Gasteiger partial charge in [-0.3, -0.25) is 9.59 Å². The topological polar surface area (TPSA) is 58.2 Å². The molecule has 2 amide bonds. The number of alkyl halides is 7. The predicted octanol–water partition coefficient (Wildman–Crippen LogP) is 6.23. The van der Waals surface area contributed by atoms with Crippen LogP contribution in [-0.4, -0.2) is 28.9 Å². The van der Waals surface area contributed by atoms with Gasteiger partial charge in [-0.25, -0.2) is 13.2 Å². The van der Waals surface area contributed by atoms with E-state index in [1.54, 1.807) is 5.32 Å². The summed E-state index contributed by atoms with van der Waals surface area (Å²) in [4.78, 5) is 24.7. The van der Waals surface area contributed by atoms with Gasteiger partial charge in [0.2, 0.25) is 5.91 Å². The predicted molar refractivity (Wildman–Crippen MR) is 110 cm³/mol. The van der Waals surface area contributed by atoms with Gasteiger partial charge in [0.15, 0.2) is 0 Å². The van der Waals surface area contributed by atoms with Crippen molar-refractivity contribution < 1.29 is 35.9 Å². The number of hydrogen-bond donors (Lipinski definition) is 2. The molecule has 33 heavy (non-hydrogen) atoms. The van der Waals surface area contributed by atoms with Crippen LogP contribution in [0.1, 0.15) is 33.8 Å². The van der Waals surface area contributed by atoms with E-state index in [-0.39, 0.29) is 21.8 Å². The molecule has 0 heterocycles. The molecule has 0 aliphatic heterocycles. The zero-order valence-corrected chi connectivity index (χ0v) is 18.4. The summed E-state index contributed by atoms with van der Waals surface area (Å²) in [5.41, 5.74) is -0.948. The number of nitrogens with one attached hydrogen (secondary N) is 2. The molecule has 4 nitrogen and oxygen atoms in total. The van der Waals surface area contributed by atoms with Crippen molar-refractivity contribution in [3.8, 4) is 0 Å². The summed E-state index contributed by atoms with van der Waals surface area (Å²) < 4.78 is 75.0. The van der Waals surface area contributed by atoms with E-state index in [1.165, 1.54) is 12.1 Å². The van der Waals surface area contributed by atoms with Gasteiger partial charge in [0.25, 0.3) is 12.3 Å². The van der Waals surface area contributed by atoms with Crippen LogP contribution in [0.3, 0.4) is 0 Å². The van der Waals surface area contributed by atoms with Crippen molar-refractivity contribution in [1.82, 2.24) is 5.32 Å². The standard InChI is InChI=1S/C20H13Cl3F6N2O2/c21-13-2-1-11(6-12(13)17(32)30-7-19(27,28)29)31-18(33)15-14(20(15,22)23)8-3-9(16(25)26)5-10(24)4-8/h1-6,14-16H,7H2,(H,30,32)(H,31,33). The molecule has 0 spiro atoms. The van der Waals surface area contributed by atoms with E-state index in [4.69, 9.17) is 34.8 Å². The largest absolute Gasteiger partial charge is 0.405 e. The molecule has 2 aromatic rings. The average Bonchev–Trinajstić information content (AvgIpc) is 3.28. The molecule has 1 aliphatic carbocycles. The maximum absolute atomic E-state index is 13.8. The summed E-state index contributed by atoms with van der Waals surface area (Å²) in [6, 6.07) is 6.09. The third kappa shape index (κ3) is 5.85. The summed E-state index contributed by atoms with van der Waals surface area (Å²) in [6.07, 6.45) is -7.60. The Hall–Kier alpha value is -2.17. The molecule has 1 fully saturated rings. The zero-order chi connectivity index (χ0) is 24.7. The van der Waals surface area contributed by atoms with Crippen LogP contribution in [0.5, 0.6) is 0 Å². The Bertz CT molecular complexity index is 1090. The maximum Gasteiger partial charge on any atom is 0.405 e. The first-order chi connectivity index (χ1) is 15.2. The Kier molecular flexibility index (Phi) is 7.12. The minimum atomic E-state index is -4.64. The molecule has 2 unspecified atom stereocenters. The normalized spacial score (nSPS) is 19.3. The van der Waals surface area contributed by atoms with E-state index >= 15 is 0 Å². The second kappa shape index (κ2) is 9.23. The average molecular weight is 534 g/mol. The minimum absolute atomic E-state index is 0.00114. The van der Waals surface area contributed by atoms with Gasteiger partial charge in [-0.15, -0.1) is 23.2 Å². The second-order valence-corrected chi connectivity index (χ2v) is 9.08. The molecule has 3 rings (SSSR count). The summed E-state index contributed by atoms with van der Waals surface area (Å²) in [5.74, 6) is -5.02. The van der Waals surface area contributed by atoms with E-state index < -0.39 is 58.5 Å². The highest BCUT2D eigenvalue weighted by Gasteiger charge is 2.67. The van der Waals surface area contributed by atoms with Gasteiger partial charge in [-0.2, -0.15) is 13.2 Å². The molecule has 0 bridgehead atoms. The SMILES string of the molecule is O=C(NCC(F)(F)F)c1cc(NC(=O)C2C(c3cc(F)cc(C(F)F)c3)C2(Cl)Cl)ccc1Cl. The highest BCUT2D eigenvalue weighted by molar-refractivity contribution is 6.53. The number of amides is 2. The van der Waals surface area contributed by atoms with Gasteiger partial charge in [0.05, 0.1) is 16.5 Å². The van der Waals surface area contributed by atoms with Crippen molar-refractivity contribution in [2.24, 2.45) is 5.92 Å². The minimum Gasteiger partial charge on any atom is -0.343 e. The Labute approximate surface area is 198 Å². The molecule has 2 atom stereocenters. The molecule has 0 aromatic heterocycles. The molecular weight excluding hydrogens is 521 g/mol. The van der Waals surface area contributed by atoms with E-state index in [0.29, 0.717) is 6.07 Å². The van der Waals surface area contributed by atoms with Gasteiger partial charge in [0.1, 0.15) is 16.7 Å². The van der Waals surface area contributed by atoms with Crippen LogP contribution in [0.15, 0.2) is 36.4 Å². The van der Waals surface area contributed by atoms with Crippen LogP contribution < -0.4 is 10.6 Å². The molecule has 1 aliphatic rings. The Morgan fingerprint density at radius 1 is 1.09 bits per heavy atom. The zero-order valence-electron chi connectivity index (χ0n) is 16.1. The first-order valence-electron chi connectivity index (χ1n) is 9.12. The van der Waals surface area contributed by atoms with Crippen LogP contribution in [0.4, 0.5) is 32.0 Å². The van der Waals surface area contributed by atoms with E-state index in [1.807, 2.05) is 0 Å². The fraction of sp³-hybridized carbons (Fsp3) is 0.300. The van der Waals surface area contributed by atoms with Crippen LogP contribution >= 0.6 is 34.8 Å². The van der Waals surface area contributed by atoms with Crippen molar-refractivity contribution >= 4 is 52.3 Å². The summed E-state index contributed by atoms with van der Waals surface area (Å²) in [6.45, 7) is -1.59. The fourth-order valence-electron chi connectivity index (χ4n) is 3.28. The number of benzene rings is 2. The first kappa shape index (κ1) is 25.5. The highest BCUT2D eigenvalue weighted by Crippen LogP contribution is 2.65. The lowest BCUT2D eigenvalue weighted by atomic mass is 10.0. The molecule has 1 saturated carbocycles. The van der Waals surface area contributed by atoms with Gasteiger partial charge < -0.3 is 10.6 Å². The Morgan fingerprint density at radius 3 is 2.36 bits per heavy atom. The van der Waals surface area contributed by atoms with E-state index in [2.05, 4.69) is 5.32 Å². The number of anilines is 1. The van der Waals surface area contributed by atoms with Crippen LogP contribution in [-0.2, 0) is 4.79 Å². The molecule has 13 heteroatoms. The number of halogens is 9. The molecule has 2 N–H and O–H groups in total. The van der Waals surface area contributed by atoms with Crippen LogP contribution in [0.25, 0.3) is 0 Å². The van der Waals surface area contributed by atoms with Gasteiger partial charge in [-0.1, -0.05) is 11.6 Å². The lowest BCUT2D eigenvalue weighted by molar-refractivity contribution is -0.123. The number of carbonyl (C=O) groups is 2. The third-order valence-electron chi connectivity index (χ3n) is 4.82. The van der Waals surface area contributed by atoms with Gasteiger partial charge >= 0.3 is 6.18 Å². The maximum atomic E-state index is 13.8. The number of hydrogen-bond acceptors (Lipinski definition) is 2. The molecule has 2 aromatic carbocycles. The smallest absolute Gasteiger partial charge is 0.343 e. The first-order valence-corrected chi connectivity index (χ1v) is 10.3. The van der Waals surface area contributed by atoms with Crippen molar-refractivity contribution in [2.45, 2.75) is 22.9 Å². The van der Waals surface area contributed by atoms with Crippen molar-refractivity contribution in [2.75, 3.05) is 11.9 Å². The summed E-state index contributed by atoms with van der Waals surface area (Å²) in [7, 11) is 0. The lowest BCUT2D eigenvalue weighted by Crippen LogP contribution is -2.33. The number of rotatable bonds is 6. The number of carbonyl (C=O) groups excluding carboxylic acids is 2. The summed E-state index contributed by atoms with van der Waals surface area (Å²) >= 11 is 18.2. The lowest BCUT2D eigenvalue weighted by Gasteiger charge is -2.11. The van der Waals surface area contributed by atoms with Gasteiger partial charge in [-0.05, 0) is 42.0 Å². The fourth-order valence-corrected chi connectivity index (χ4v) is 4.31. The van der Waals surface area contributed by atoms with Crippen molar-refractivity contribution in [3.05, 3.63) is 63.9 Å². The van der Waals surface area contributed by atoms with Gasteiger partial charge in [0, 0.05) is 17.2 Å². The van der Waals surface area contributed by atoms with Crippen molar-refractivity contribution in [1.29, 1.82) is 0 Å². The monoisotopic (exact) mass is 532 g/mol. The van der Waals surface area contributed by atoms with Crippen LogP contribution in [0, 0.1) is 11.7 Å². The Balaban J connectivity index is 1.77. The second-order valence-electron chi connectivity index (χ2n) is 7.23. The molecule has 0 saturated heterocycles. The highest BCUT2D eigenvalue weighted by atomic mass is 35.5. The quantitative estimate of drug-likeness (QED) is 0.341. The van der Waals surface area contributed by atoms with E-state index in [0.717, 1.165) is 18.2 Å². The third-order valence-corrected chi connectivity index (χ3v) is 6.09. The van der Waals surface area contributed by atoms with Crippen LogP contribution in [0.2, 0.25) is 5.02 Å². The summed E-state index contributed by atoms with van der Waals surface area (Å²) in [5, 5.41) is 3.89.